The smallest absolute Gasteiger partial charge is 0.389 e. The zero-order chi connectivity index (χ0) is 33.9. The Hall–Kier alpha value is -3.06. The SMILES string of the molecule is C[C@H]1CCCCO[C@@H](CN(C)C(=O)NC2CCCCC2)[C@@H](C)CN([C@@H](C)CO)C(=O)c2cc(NC(=O)CCC(F)(F)F)ccc2O1. The molecule has 13 heteroatoms. The molecule has 0 spiro atoms. The fourth-order valence-corrected chi connectivity index (χ4v) is 5.83. The Morgan fingerprint density at radius 3 is 2.48 bits per heavy atom. The fourth-order valence-electron chi connectivity index (χ4n) is 5.83. The topological polar surface area (TPSA) is 120 Å². The largest absolute Gasteiger partial charge is 0.490 e. The molecule has 2 aliphatic rings. The number of carbonyl (C=O) groups excluding carboxylic acids is 3. The van der Waals surface area contributed by atoms with Crippen LogP contribution in [-0.2, 0) is 9.53 Å². The summed E-state index contributed by atoms with van der Waals surface area (Å²) in [4.78, 5) is 42.6. The second kappa shape index (κ2) is 17.7. The standard InChI is InChI=1S/C33H51F3N4O6/c1-22-19-40(23(2)21-41)31(43)27-18-26(37-30(42)15-16-33(34,35)36)13-14-28(27)46-24(3)10-8-9-17-45-29(22)20-39(4)32(44)38-25-11-6-5-7-12-25/h13-14,18,22-25,29,41H,5-12,15-17,19-21H2,1-4H3,(H,37,42)(H,38,44)/t22-,23-,24-,29-/m0/s1. The van der Waals surface area contributed by atoms with Crippen molar-refractivity contribution < 1.29 is 42.1 Å². The Balaban J connectivity index is 1.85. The van der Waals surface area contributed by atoms with Gasteiger partial charge in [-0.1, -0.05) is 26.2 Å². The number of hydrogen-bond donors (Lipinski definition) is 3. The van der Waals surface area contributed by atoms with Gasteiger partial charge in [0.05, 0.1) is 36.8 Å². The molecule has 0 saturated heterocycles. The monoisotopic (exact) mass is 656 g/mol. The molecule has 1 aliphatic heterocycles. The van der Waals surface area contributed by atoms with E-state index in [4.69, 9.17) is 9.47 Å². The van der Waals surface area contributed by atoms with Crippen LogP contribution in [0, 0.1) is 5.92 Å². The van der Waals surface area contributed by atoms with Gasteiger partial charge in [0.2, 0.25) is 5.91 Å². The Morgan fingerprint density at radius 1 is 1.11 bits per heavy atom. The molecule has 0 unspecified atom stereocenters. The summed E-state index contributed by atoms with van der Waals surface area (Å²) in [7, 11) is 1.73. The third-order valence-corrected chi connectivity index (χ3v) is 8.70. The first-order valence-electron chi connectivity index (χ1n) is 16.5. The highest BCUT2D eigenvalue weighted by Gasteiger charge is 2.32. The number of alkyl halides is 3. The highest BCUT2D eigenvalue weighted by molar-refractivity contribution is 5.99. The summed E-state index contributed by atoms with van der Waals surface area (Å²) in [6, 6.07) is 3.82. The van der Waals surface area contributed by atoms with Gasteiger partial charge in [-0.05, 0) is 64.2 Å². The van der Waals surface area contributed by atoms with Crippen LogP contribution in [0.25, 0.3) is 0 Å². The summed E-state index contributed by atoms with van der Waals surface area (Å²) in [6.07, 6.45) is 0.402. The minimum Gasteiger partial charge on any atom is -0.490 e. The number of rotatable bonds is 8. The average molecular weight is 657 g/mol. The number of aliphatic hydroxyl groups is 1. The lowest BCUT2D eigenvalue weighted by Gasteiger charge is -2.36. The number of nitrogens with one attached hydrogen (secondary N) is 2. The highest BCUT2D eigenvalue weighted by Crippen LogP contribution is 2.29. The number of anilines is 1. The number of ether oxygens (including phenoxy) is 2. The molecular formula is C33H51F3N4O6. The van der Waals surface area contributed by atoms with Crippen LogP contribution < -0.4 is 15.4 Å². The fraction of sp³-hybridized carbons (Fsp3) is 0.727. The number of fused-ring (bicyclic) bond motifs is 1. The molecule has 3 rings (SSSR count). The van der Waals surface area contributed by atoms with Gasteiger partial charge in [-0.3, -0.25) is 9.59 Å². The molecule has 0 aromatic heterocycles. The van der Waals surface area contributed by atoms with E-state index in [1.807, 2.05) is 13.8 Å². The number of likely N-dealkylation sites (N-methyl/N-ethyl adjacent to an activating group) is 1. The molecule has 1 aliphatic carbocycles. The summed E-state index contributed by atoms with van der Waals surface area (Å²) >= 11 is 0. The summed E-state index contributed by atoms with van der Waals surface area (Å²) in [5, 5.41) is 15.7. The minimum atomic E-state index is -4.47. The lowest BCUT2D eigenvalue weighted by Crippen LogP contribution is -2.50. The van der Waals surface area contributed by atoms with Gasteiger partial charge in [0.1, 0.15) is 5.75 Å². The number of hydrogen-bond acceptors (Lipinski definition) is 6. The Labute approximate surface area is 270 Å². The predicted octanol–water partition coefficient (Wildman–Crippen LogP) is 5.74. The first-order valence-corrected chi connectivity index (χ1v) is 16.5. The van der Waals surface area contributed by atoms with E-state index >= 15 is 0 Å². The second-order valence-corrected chi connectivity index (χ2v) is 12.8. The van der Waals surface area contributed by atoms with E-state index in [0.717, 1.165) is 38.5 Å². The van der Waals surface area contributed by atoms with Crippen LogP contribution in [-0.4, -0.2) is 96.6 Å². The molecule has 46 heavy (non-hydrogen) atoms. The van der Waals surface area contributed by atoms with Gasteiger partial charge in [-0.25, -0.2) is 4.79 Å². The molecule has 1 fully saturated rings. The van der Waals surface area contributed by atoms with E-state index < -0.39 is 43.0 Å². The van der Waals surface area contributed by atoms with E-state index in [1.165, 1.54) is 29.5 Å². The molecule has 0 radical (unpaired) electrons. The van der Waals surface area contributed by atoms with Crippen molar-refractivity contribution in [2.75, 3.05) is 38.7 Å². The molecule has 4 atom stereocenters. The maximum Gasteiger partial charge on any atom is 0.389 e. The van der Waals surface area contributed by atoms with Crippen LogP contribution in [0.1, 0.15) is 95.3 Å². The Bertz CT molecular complexity index is 1150. The van der Waals surface area contributed by atoms with Crippen molar-refractivity contribution in [1.82, 2.24) is 15.1 Å². The normalized spacial score (nSPS) is 23.0. The predicted molar refractivity (Wildman–Crippen MR) is 169 cm³/mol. The van der Waals surface area contributed by atoms with Gasteiger partial charge in [0.25, 0.3) is 5.91 Å². The molecule has 1 aromatic rings. The number of aliphatic hydroxyl groups excluding tert-OH is 1. The van der Waals surface area contributed by atoms with E-state index in [0.29, 0.717) is 19.6 Å². The first-order chi connectivity index (χ1) is 21.8. The molecule has 4 amide bonds. The van der Waals surface area contributed by atoms with Crippen LogP contribution >= 0.6 is 0 Å². The van der Waals surface area contributed by atoms with Crippen molar-refractivity contribution in [3.05, 3.63) is 23.8 Å². The van der Waals surface area contributed by atoms with E-state index in [9.17, 15) is 32.7 Å². The molecule has 0 bridgehead atoms. The van der Waals surface area contributed by atoms with Crippen molar-refractivity contribution in [3.63, 3.8) is 0 Å². The summed E-state index contributed by atoms with van der Waals surface area (Å²) in [5.74, 6) is -1.27. The lowest BCUT2D eigenvalue weighted by molar-refractivity contribution is -0.142. The molecule has 1 heterocycles. The van der Waals surface area contributed by atoms with Gasteiger partial charge in [0, 0.05) is 50.8 Å². The van der Waals surface area contributed by atoms with Crippen molar-refractivity contribution in [2.45, 2.75) is 115 Å². The van der Waals surface area contributed by atoms with Gasteiger partial charge in [-0.15, -0.1) is 0 Å². The van der Waals surface area contributed by atoms with Crippen LogP contribution in [0.2, 0.25) is 0 Å². The summed E-state index contributed by atoms with van der Waals surface area (Å²) in [5.41, 5.74) is 0.277. The Morgan fingerprint density at radius 2 is 1.80 bits per heavy atom. The van der Waals surface area contributed by atoms with Crippen molar-refractivity contribution in [2.24, 2.45) is 5.92 Å². The summed E-state index contributed by atoms with van der Waals surface area (Å²) in [6.45, 7) is 6.15. The summed E-state index contributed by atoms with van der Waals surface area (Å²) < 4.78 is 50.5. The maximum absolute atomic E-state index is 14.2. The van der Waals surface area contributed by atoms with Gasteiger partial charge < -0.3 is 35.0 Å². The molecule has 3 N–H and O–H groups in total. The van der Waals surface area contributed by atoms with E-state index in [2.05, 4.69) is 10.6 Å². The van der Waals surface area contributed by atoms with Crippen LogP contribution in [0.4, 0.5) is 23.7 Å². The molecule has 10 nitrogen and oxygen atoms in total. The number of amides is 4. The van der Waals surface area contributed by atoms with Gasteiger partial charge in [-0.2, -0.15) is 13.2 Å². The quantitative estimate of drug-likeness (QED) is 0.329. The number of carbonyl (C=O) groups is 3. The van der Waals surface area contributed by atoms with Crippen molar-refractivity contribution in [1.29, 1.82) is 0 Å². The lowest BCUT2D eigenvalue weighted by atomic mass is 9.96. The van der Waals surface area contributed by atoms with Crippen molar-refractivity contribution >= 4 is 23.5 Å². The zero-order valence-electron chi connectivity index (χ0n) is 27.5. The van der Waals surface area contributed by atoms with Crippen LogP contribution in [0.3, 0.4) is 0 Å². The van der Waals surface area contributed by atoms with E-state index in [1.54, 1.807) is 18.9 Å². The number of halogens is 3. The third-order valence-electron chi connectivity index (χ3n) is 8.70. The Kier molecular flexibility index (Phi) is 14.4. The average Bonchev–Trinajstić information content (AvgIpc) is 3.01. The molecule has 1 aromatic carbocycles. The van der Waals surface area contributed by atoms with E-state index in [-0.39, 0.29) is 54.2 Å². The third kappa shape index (κ3) is 11.9. The second-order valence-electron chi connectivity index (χ2n) is 12.8. The number of benzene rings is 1. The first kappa shape index (κ1) is 37.4. The van der Waals surface area contributed by atoms with Crippen molar-refractivity contribution in [3.8, 4) is 5.75 Å². The van der Waals surface area contributed by atoms with Gasteiger partial charge in [0.15, 0.2) is 0 Å². The molecular weight excluding hydrogens is 605 g/mol. The number of nitrogens with zero attached hydrogens (tertiary/aromatic N) is 2. The van der Waals surface area contributed by atoms with Crippen LogP contribution in [0.5, 0.6) is 5.75 Å². The number of urea groups is 1. The maximum atomic E-state index is 14.2. The zero-order valence-corrected chi connectivity index (χ0v) is 27.5. The van der Waals surface area contributed by atoms with Crippen LogP contribution in [0.15, 0.2) is 18.2 Å². The minimum absolute atomic E-state index is 0.117. The van der Waals surface area contributed by atoms with Gasteiger partial charge >= 0.3 is 12.2 Å². The highest BCUT2D eigenvalue weighted by atomic mass is 19.4. The molecule has 1 saturated carbocycles. The molecule has 260 valence electrons.